The SMILES string of the molecule is O=C(NCC(c1ccccc1)N1CCCC1)c1cn[nH]c1-c1ccccc1F. The Morgan fingerprint density at radius 1 is 1.11 bits per heavy atom. The van der Waals surface area contributed by atoms with Gasteiger partial charge in [-0.15, -0.1) is 0 Å². The summed E-state index contributed by atoms with van der Waals surface area (Å²) in [6, 6.07) is 16.7. The zero-order valence-electron chi connectivity index (χ0n) is 15.6. The van der Waals surface area contributed by atoms with E-state index in [2.05, 4.69) is 32.5 Å². The molecule has 2 heterocycles. The van der Waals surface area contributed by atoms with E-state index in [0.29, 0.717) is 23.4 Å². The normalized spacial score (nSPS) is 15.5. The minimum atomic E-state index is -0.389. The number of nitrogens with one attached hydrogen (secondary N) is 2. The van der Waals surface area contributed by atoms with Crippen molar-refractivity contribution in [1.29, 1.82) is 0 Å². The van der Waals surface area contributed by atoms with Crippen molar-refractivity contribution in [3.63, 3.8) is 0 Å². The van der Waals surface area contributed by atoms with Crippen molar-refractivity contribution in [2.24, 2.45) is 0 Å². The topological polar surface area (TPSA) is 61.0 Å². The summed E-state index contributed by atoms with van der Waals surface area (Å²) in [4.78, 5) is 15.3. The molecule has 2 aromatic carbocycles. The molecule has 5 nitrogen and oxygen atoms in total. The fourth-order valence-corrected chi connectivity index (χ4v) is 3.80. The van der Waals surface area contributed by atoms with Gasteiger partial charge in [-0.3, -0.25) is 14.8 Å². The van der Waals surface area contributed by atoms with Crippen molar-refractivity contribution in [3.05, 3.63) is 77.7 Å². The molecule has 1 fully saturated rings. The molecule has 3 aromatic rings. The summed E-state index contributed by atoms with van der Waals surface area (Å²) in [5.41, 5.74) is 2.27. The highest BCUT2D eigenvalue weighted by Gasteiger charge is 2.25. The molecular weight excluding hydrogens is 355 g/mol. The standard InChI is InChI=1S/C22H23FN4O/c23-19-11-5-4-10-17(19)21-18(14-25-26-21)22(28)24-15-20(27-12-6-7-13-27)16-8-2-1-3-9-16/h1-5,8-11,14,20H,6-7,12-13,15H2,(H,24,28)(H,25,26). The van der Waals surface area contributed by atoms with Crippen LogP contribution >= 0.6 is 0 Å². The van der Waals surface area contributed by atoms with E-state index in [1.165, 1.54) is 30.7 Å². The number of aromatic nitrogens is 2. The van der Waals surface area contributed by atoms with Crippen LogP contribution in [0.3, 0.4) is 0 Å². The third kappa shape index (κ3) is 3.82. The maximum Gasteiger partial charge on any atom is 0.255 e. The molecule has 1 aromatic heterocycles. The molecule has 1 amide bonds. The van der Waals surface area contributed by atoms with Crippen molar-refractivity contribution in [1.82, 2.24) is 20.4 Å². The van der Waals surface area contributed by atoms with Gasteiger partial charge in [-0.1, -0.05) is 42.5 Å². The van der Waals surface area contributed by atoms with Crippen molar-refractivity contribution >= 4 is 5.91 Å². The highest BCUT2D eigenvalue weighted by molar-refractivity contribution is 5.99. The van der Waals surface area contributed by atoms with Gasteiger partial charge in [-0.2, -0.15) is 5.10 Å². The maximum absolute atomic E-state index is 14.1. The lowest BCUT2D eigenvalue weighted by Crippen LogP contribution is -2.36. The number of carbonyl (C=O) groups excluding carboxylic acids is 1. The average molecular weight is 378 g/mol. The van der Waals surface area contributed by atoms with Crippen LogP contribution in [0.1, 0.15) is 34.8 Å². The van der Waals surface area contributed by atoms with E-state index in [9.17, 15) is 9.18 Å². The van der Waals surface area contributed by atoms with E-state index in [4.69, 9.17) is 0 Å². The molecule has 0 radical (unpaired) electrons. The number of H-pyrrole nitrogens is 1. The lowest BCUT2D eigenvalue weighted by atomic mass is 10.0. The van der Waals surface area contributed by atoms with Gasteiger partial charge >= 0.3 is 0 Å². The molecule has 6 heteroatoms. The van der Waals surface area contributed by atoms with Gasteiger partial charge in [0, 0.05) is 12.1 Å². The predicted molar refractivity (Wildman–Crippen MR) is 106 cm³/mol. The van der Waals surface area contributed by atoms with Crippen molar-refractivity contribution in [2.75, 3.05) is 19.6 Å². The van der Waals surface area contributed by atoms with E-state index in [0.717, 1.165) is 13.1 Å². The molecule has 4 rings (SSSR count). The monoisotopic (exact) mass is 378 g/mol. The Bertz CT molecular complexity index is 934. The van der Waals surface area contributed by atoms with Crippen molar-refractivity contribution in [3.8, 4) is 11.3 Å². The first-order valence-electron chi connectivity index (χ1n) is 9.59. The summed E-state index contributed by atoms with van der Waals surface area (Å²) in [5.74, 6) is -0.646. The quantitative estimate of drug-likeness (QED) is 0.686. The molecule has 0 bridgehead atoms. The number of likely N-dealkylation sites (tertiary alicyclic amines) is 1. The van der Waals surface area contributed by atoms with Crippen LogP contribution in [0.5, 0.6) is 0 Å². The zero-order valence-corrected chi connectivity index (χ0v) is 15.6. The van der Waals surface area contributed by atoms with E-state index in [-0.39, 0.29) is 17.8 Å². The van der Waals surface area contributed by atoms with Gasteiger partial charge < -0.3 is 5.32 Å². The average Bonchev–Trinajstić information content (AvgIpc) is 3.41. The first-order chi connectivity index (χ1) is 13.7. The van der Waals surface area contributed by atoms with Crippen LogP contribution in [0.2, 0.25) is 0 Å². The van der Waals surface area contributed by atoms with Crippen LogP contribution in [0.4, 0.5) is 4.39 Å². The number of nitrogens with zero attached hydrogens (tertiary/aromatic N) is 2. The molecule has 1 unspecified atom stereocenters. The number of halogens is 1. The second-order valence-corrected chi connectivity index (χ2v) is 7.02. The smallest absolute Gasteiger partial charge is 0.255 e. The highest BCUT2D eigenvalue weighted by atomic mass is 19.1. The highest BCUT2D eigenvalue weighted by Crippen LogP contribution is 2.26. The summed E-state index contributed by atoms with van der Waals surface area (Å²) >= 11 is 0. The largest absolute Gasteiger partial charge is 0.350 e. The Balaban J connectivity index is 1.52. The molecule has 1 atom stereocenters. The van der Waals surface area contributed by atoms with Crippen LogP contribution in [-0.2, 0) is 0 Å². The number of benzene rings is 2. The van der Waals surface area contributed by atoms with Crippen molar-refractivity contribution in [2.45, 2.75) is 18.9 Å². The van der Waals surface area contributed by atoms with E-state index >= 15 is 0 Å². The molecule has 0 spiro atoms. The van der Waals surface area contributed by atoms with Gasteiger partial charge in [0.1, 0.15) is 5.82 Å². The summed E-state index contributed by atoms with van der Waals surface area (Å²) in [5, 5.41) is 9.74. The number of hydrogen-bond donors (Lipinski definition) is 2. The molecule has 1 aliphatic heterocycles. The van der Waals surface area contributed by atoms with Gasteiger partial charge in [-0.05, 0) is 43.6 Å². The molecular formula is C22H23FN4O. The second kappa shape index (κ2) is 8.35. The van der Waals surface area contributed by atoms with Crippen LogP contribution in [0.15, 0.2) is 60.8 Å². The van der Waals surface area contributed by atoms with Gasteiger partial charge in [0.15, 0.2) is 0 Å². The van der Waals surface area contributed by atoms with Crippen LogP contribution in [0.25, 0.3) is 11.3 Å². The van der Waals surface area contributed by atoms with E-state index in [1.807, 2.05) is 18.2 Å². The van der Waals surface area contributed by atoms with Crippen LogP contribution < -0.4 is 5.32 Å². The first kappa shape index (κ1) is 18.4. The lowest BCUT2D eigenvalue weighted by Gasteiger charge is -2.28. The molecule has 1 aliphatic rings. The van der Waals surface area contributed by atoms with Gasteiger partial charge in [-0.25, -0.2) is 4.39 Å². The Morgan fingerprint density at radius 3 is 2.57 bits per heavy atom. The number of carbonyl (C=O) groups is 1. The maximum atomic E-state index is 14.1. The van der Waals surface area contributed by atoms with Gasteiger partial charge in [0.05, 0.1) is 23.5 Å². The lowest BCUT2D eigenvalue weighted by molar-refractivity contribution is 0.0938. The number of rotatable bonds is 6. The van der Waals surface area contributed by atoms with Crippen molar-refractivity contribution < 1.29 is 9.18 Å². The van der Waals surface area contributed by atoms with Crippen LogP contribution in [-0.4, -0.2) is 40.6 Å². The number of amides is 1. The minimum Gasteiger partial charge on any atom is -0.350 e. The zero-order chi connectivity index (χ0) is 19.3. The van der Waals surface area contributed by atoms with Gasteiger partial charge in [0.25, 0.3) is 5.91 Å². The van der Waals surface area contributed by atoms with E-state index < -0.39 is 0 Å². The Labute approximate surface area is 163 Å². The number of aromatic amines is 1. The van der Waals surface area contributed by atoms with Gasteiger partial charge in [0.2, 0.25) is 0 Å². The number of hydrogen-bond acceptors (Lipinski definition) is 3. The molecule has 28 heavy (non-hydrogen) atoms. The molecule has 2 N–H and O–H groups in total. The Morgan fingerprint density at radius 2 is 1.82 bits per heavy atom. The fraction of sp³-hybridized carbons (Fsp3) is 0.273. The summed E-state index contributed by atoms with van der Waals surface area (Å²) in [7, 11) is 0. The first-order valence-corrected chi connectivity index (χ1v) is 9.59. The molecule has 1 saturated heterocycles. The third-order valence-electron chi connectivity index (χ3n) is 5.25. The van der Waals surface area contributed by atoms with Crippen LogP contribution in [0, 0.1) is 5.82 Å². The molecule has 0 saturated carbocycles. The summed E-state index contributed by atoms with van der Waals surface area (Å²) in [6.45, 7) is 2.55. The second-order valence-electron chi connectivity index (χ2n) is 7.02. The fourth-order valence-electron chi connectivity index (χ4n) is 3.80. The third-order valence-corrected chi connectivity index (χ3v) is 5.25. The Kier molecular flexibility index (Phi) is 5.48. The molecule has 0 aliphatic carbocycles. The van der Waals surface area contributed by atoms with E-state index in [1.54, 1.807) is 18.2 Å². The predicted octanol–water partition coefficient (Wildman–Crippen LogP) is 3.78. The molecule has 144 valence electrons. The summed E-state index contributed by atoms with van der Waals surface area (Å²) in [6.07, 6.45) is 3.80. The minimum absolute atomic E-state index is 0.122. The Hall–Kier alpha value is -2.99. The summed E-state index contributed by atoms with van der Waals surface area (Å²) < 4.78 is 14.1.